The number of hydrogen-bond donors (Lipinski definition) is 1. The fourth-order valence-electron chi connectivity index (χ4n) is 2.73. The lowest BCUT2D eigenvalue weighted by atomic mass is 10.1. The van der Waals surface area contributed by atoms with Gasteiger partial charge in [0.15, 0.2) is 0 Å². The largest absolute Gasteiger partial charge is 0.331 e. The van der Waals surface area contributed by atoms with Gasteiger partial charge in [-0.3, -0.25) is 4.79 Å². The van der Waals surface area contributed by atoms with Gasteiger partial charge in [0.25, 0.3) is 5.91 Å². The first-order chi connectivity index (χ1) is 8.25. The van der Waals surface area contributed by atoms with Crippen molar-refractivity contribution in [1.29, 1.82) is 0 Å². The van der Waals surface area contributed by atoms with Gasteiger partial charge in [0.1, 0.15) is 5.82 Å². The number of rotatable bonds is 1. The summed E-state index contributed by atoms with van der Waals surface area (Å²) < 4.78 is 13.1. The SMILES string of the molecule is O=C1c2ccc(F)cc2CN1C1CCNCC1. The Kier molecular flexibility index (Phi) is 2.59. The maximum absolute atomic E-state index is 13.1. The van der Waals surface area contributed by atoms with Gasteiger partial charge in [-0.15, -0.1) is 0 Å². The molecule has 0 radical (unpaired) electrons. The van der Waals surface area contributed by atoms with Crippen molar-refractivity contribution in [3.05, 3.63) is 35.1 Å². The van der Waals surface area contributed by atoms with Gasteiger partial charge in [-0.2, -0.15) is 0 Å². The van der Waals surface area contributed by atoms with E-state index in [2.05, 4.69) is 5.32 Å². The van der Waals surface area contributed by atoms with E-state index < -0.39 is 0 Å². The summed E-state index contributed by atoms with van der Waals surface area (Å²) in [5.74, 6) is -0.199. The molecule has 1 aromatic carbocycles. The number of hydrogen-bond acceptors (Lipinski definition) is 2. The summed E-state index contributed by atoms with van der Waals surface area (Å²) in [7, 11) is 0. The number of amides is 1. The number of carbonyl (C=O) groups is 1. The molecule has 17 heavy (non-hydrogen) atoms. The third kappa shape index (κ3) is 1.82. The second-order valence-electron chi connectivity index (χ2n) is 4.72. The second kappa shape index (κ2) is 4.11. The van der Waals surface area contributed by atoms with Crippen molar-refractivity contribution in [2.24, 2.45) is 0 Å². The number of nitrogens with zero attached hydrogens (tertiary/aromatic N) is 1. The molecule has 4 heteroatoms. The molecule has 0 atom stereocenters. The van der Waals surface area contributed by atoms with E-state index in [1.54, 1.807) is 6.07 Å². The first kappa shape index (κ1) is 10.7. The van der Waals surface area contributed by atoms with E-state index in [-0.39, 0.29) is 11.7 Å². The third-order valence-electron chi connectivity index (χ3n) is 3.65. The first-order valence-electron chi connectivity index (χ1n) is 6.06. The van der Waals surface area contributed by atoms with Crippen molar-refractivity contribution < 1.29 is 9.18 Å². The van der Waals surface area contributed by atoms with Gasteiger partial charge in [-0.25, -0.2) is 4.39 Å². The maximum Gasteiger partial charge on any atom is 0.254 e. The van der Waals surface area contributed by atoms with Crippen LogP contribution < -0.4 is 5.32 Å². The fourth-order valence-corrected chi connectivity index (χ4v) is 2.73. The molecule has 1 N–H and O–H groups in total. The molecule has 0 saturated carbocycles. The summed E-state index contributed by atoms with van der Waals surface area (Å²) in [6.45, 7) is 2.48. The van der Waals surface area contributed by atoms with E-state index in [0.29, 0.717) is 18.2 Å². The molecule has 2 heterocycles. The van der Waals surface area contributed by atoms with Gasteiger partial charge >= 0.3 is 0 Å². The highest BCUT2D eigenvalue weighted by Crippen LogP contribution is 2.27. The van der Waals surface area contributed by atoms with Gasteiger partial charge in [0.2, 0.25) is 0 Å². The van der Waals surface area contributed by atoms with Crippen LogP contribution in [-0.2, 0) is 6.54 Å². The molecule has 1 amide bonds. The molecule has 0 bridgehead atoms. The van der Waals surface area contributed by atoms with Crippen molar-refractivity contribution in [3.63, 3.8) is 0 Å². The average Bonchev–Trinajstić information content (AvgIpc) is 2.67. The molecule has 1 aromatic rings. The summed E-state index contributed by atoms with van der Waals surface area (Å²) in [5, 5.41) is 3.29. The van der Waals surface area contributed by atoms with Crippen molar-refractivity contribution >= 4 is 5.91 Å². The van der Waals surface area contributed by atoms with Crippen molar-refractivity contribution in [3.8, 4) is 0 Å². The lowest BCUT2D eigenvalue weighted by Gasteiger charge is -2.31. The highest BCUT2D eigenvalue weighted by Gasteiger charge is 2.33. The molecule has 2 aliphatic heterocycles. The maximum atomic E-state index is 13.1. The molecule has 1 fully saturated rings. The van der Waals surface area contributed by atoms with Crippen LogP contribution in [0.15, 0.2) is 18.2 Å². The van der Waals surface area contributed by atoms with E-state index in [4.69, 9.17) is 0 Å². The van der Waals surface area contributed by atoms with Gasteiger partial charge in [-0.1, -0.05) is 0 Å². The number of piperidine rings is 1. The first-order valence-corrected chi connectivity index (χ1v) is 6.06. The Bertz CT molecular complexity index is 455. The summed E-state index contributed by atoms with van der Waals surface area (Å²) in [4.78, 5) is 14.1. The molecule has 3 nitrogen and oxygen atoms in total. The van der Waals surface area contributed by atoms with E-state index in [0.717, 1.165) is 31.5 Å². The van der Waals surface area contributed by atoms with Crippen molar-refractivity contribution in [2.45, 2.75) is 25.4 Å². The Hall–Kier alpha value is -1.42. The quantitative estimate of drug-likeness (QED) is 0.799. The van der Waals surface area contributed by atoms with Crippen LogP contribution in [0.25, 0.3) is 0 Å². The molecule has 3 rings (SSSR count). The molecule has 1 saturated heterocycles. The molecule has 0 aliphatic carbocycles. The highest BCUT2D eigenvalue weighted by atomic mass is 19.1. The number of nitrogens with one attached hydrogen (secondary N) is 1. The summed E-state index contributed by atoms with van der Waals surface area (Å²) >= 11 is 0. The van der Waals surface area contributed by atoms with Crippen LogP contribution >= 0.6 is 0 Å². The Labute approximate surface area is 99.6 Å². The highest BCUT2D eigenvalue weighted by molar-refractivity contribution is 5.98. The summed E-state index contributed by atoms with van der Waals surface area (Å²) in [6, 6.07) is 4.75. The molecule has 0 unspecified atom stereocenters. The zero-order valence-corrected chi connectivity index (χ0v) is 9.58. The lowest BCUT2D eigenvalue weighted by molar-refractivity contribution is 0.0668. The summed E-state index contributed by atoms with van der Waals surface area (Å²) in [5.41, 5.74) is 1.50. The van der Waals surface area contributed by atoms with Crippen LogP contribution in [0.1, 0.15) is 28.8 Å². The van der Waals surface area contributed by atoms with Crippen molar-refractivity contribution in [1.82, 2.24) is 10.2 Å². The van der Waals surface area contributed by atoms with Crippen LogP contribution in [0, 0.1) is 5.82 Å². The van der Waals surface area contributed by atoms with Crippen LogP contribution in [0.4, 0.5) is 4.39 Å². The van der Waals surface area contributed by atoms with Crippen LogP contribution in [0.3, 0.4) is 0 Å². The molecule has 2 aliphatic rings. The van der Waals surface area contributed by atoms with Crippen LogP contribution in [-0.4, -0.2) is 29.9 Å². The van der Waals surface area contributed by atoms with E-state index in [1.165, 1.54) is 12.1 Å². The molecule has 0 aromatic heterocycles. The molecular weight excluding hydrogens is 219 g/mol. The minimum Gasteiger partial charge on any atom is -0.331 e. The Morgan fingerprint density at radius 3 is 2.82 bits per heavy atom. The van der Waals surface area contributed by atoms with Crippen molar-refractivity contribution in [2.75, 3.05) is 13.1 Å². The molecular formula is C13H15FN2O. The van der Waals surface area contributed by atoms with Crippen LogP contribution in [0.2, 0.25) is 0 Å². The van der Waals surface area contributed by atoms with Crippen LogP contribution in [0.5, 0.6) is 0 Å². The van der Waals surface area contributed by atoms with E-state index in [1.807, 2.05) is 4.90 Å². The topological polar surface area (TPSA) is 32.3 Å². The van der Waals surface area contributed by atoms with Gasteiger partial charge in [-0.05, 0) is 49.7 Å². The van der Waals surface area contributed by atoms with E-state index >= 15 is 0 Å². The van der Waals surface area contributed by atoms with Gasteiger partial charge in [0, 0.05) is 18.2 Å². The normalized spacial score (nSPS) is 20.8. The standard InChI is InChI=1S/C13H15FN2O/c14-10-1-2-12-9(7-10)8-16(13(12)17)11-3-5-15-6-4-11/h1-2,7,11,15H,3-6,8H2. The fraction of sp³-hybridized carbons (Fsp3) is 0.462. The van der Waals surface area contributed by atoms with E-state index in [9.17, 15) is 9.18 Å². The molecule has 90 valence electrons. The predicted octanol–water partition coefficient (Wildman–Crippen LogP) is 1.53. The predicted molar refractivity (Wildman–Crippen MR) is 62.2 cm³/mol. The minimum absolute atomic E-state index is 0.0619. The smallest absolute Gasteiger partial charge is 0.254 e. The number of carbonyl (C=O) groups excluding carboxylic acids is 1. The Balaban J connectivity index is 1.85. The lowest BCUT2D eigenvalue weighted by Crippen LogP contribution is -2.43. The van der Waals surface area contributed by atoms with Gasteiger partial charge in [0.05, 0.1) is 0 Å². The minimum atomic E-state index is -0.260. The monoisotopic (exact) mass is 234 g/mol. The zero-order valence-electron chi connectivity index (χ0n) is 9.58. The molecule has 0 spiro atoms. The number of benzene rings is 1. The average molecular weight is 234 g/mol. The number of fused-ring (bicyclic) bond motifs is 1. The second-order valence-corrected chi connectivity index (χ2v) is 4.72. The Morgan fingerprint density at radius 2 is 2.06 bits per heavy atom. The zero-order chi connectivity index (χ0) is 11.8. The summed E-state index contributed by atoms with van der Waals surface area (Å²) in [6.07, 6.45) is 1.98. The van der Waals surface area contributed by atoms with Gasteiger partial charge < -0.3 is 10.2 Å². The number of halogens is 1. The third-order valence-corrected chi connectivity index (χ3v) is 3.65. The Morgan fingerprint density at radius 1 is 1.29 bits per heavy atom.